The van der Waals surface area contributed by atoms with Crippen LogP contribution in [0.4, 0.5) is 5.69 Å². The highest BCUT2D eigenvalue weighted by atomic mass is 16.5. The van der Waals surface area contributed by atoms with Crippen LogP contribution in [-0.4, -0.2) is 54.7 Å². The van der Waals surface area contributed by atoms with Gasteiger partial charge in [0.05, 0.1) is 18.5 Å². The number of fused-ring (bicyclic) bond motifs is 1. The average molecular weight is 421 g/mol. The fraction of sp³-hybridized carbons (Fsp3) is 0.417. The lowest BCUT2D eigenvalue weighted by molar-refractivity contribution is 0.415. The van der Waals surface area contributed by atoms with Crippen molar-refractivity contribution >= 4 is 17.3 Å². The molecule has 31 heavy (non-hydrogen) atoms. The minimum atomic E-state index is 0.348. The lowest BCUT2D eigenvalue weighted by Gasteiger charge is -2.22. The number of nitrogens with one attached hydrogen (secondary N) is 2. The lowest BCUT2D eigenvalue weighted by Crippen LogP contribution is -2.44. The molecule has 0 spiro atoms. The van der Waals surface area contributed by atoms with E-state index in [1.165, 1.54) is 5.56 Å². The van der Waals surface area contributed by atoms with Crippen molar-refractivity contribution in [2.75, 3.05) is 38.2 Å². The second-order valence-corrected chi connectivity index (χ2v) is 7.91. The highest BCUT2D eigenvalue weighted by Crippen LogP contribution is 2.30. The van der Waals surface area contributed by atoms with Crippen molar-refractivity contribution in [1.82, 2.24) is 20.0 Å². The molecule has 0 radical (unpaired) electrons. The Bertz CT molecular complexity index is 1040. The number of benzene rings is 1. The summed E-state index contributed by atoms with van der Waals surface area (Å²) in [5.41, 5.74) is 4.43. The number of ether oxygens (including phenoxy) is 1. The number of para-hydroxylation sites is 2. The predicted octanol–water partition coefficient (Wildman–Crippen LogP) is 3.03. The minimum absolute atomic E-state index is 0.348. The number of hydrogen-bond donors (Lipinski definition) is 2. The van der Waals surface area contributed by atoms with Crippen LogP contribution < -0.4 is 20.3 Å². The van der Waals surface area contributed by atoms with Crippen LogP contribution in [0.1, 0.15) is 24.6 Å². The van der Waals surface area contributed by atoms with Crippen LogP contribution in [-0.2, 0) is 6.42 Å². The standard InChI is InChI=1S/C24H32N6O/c1-4-25-24(26-13-11-19-17-30-14-7-8-18(2)23(30)27-19)28-20-12-15-29(16-20)21-9-5-6-10-22(21)31-3/h5-10,14,17,20H,4,11-13,15-16H2,1-3H3,(H2,25,26,28). The second-order valence-electron chi connectivity index (χ2n) is 7.91. The van der Waals surface area contributed by atoms with E-state index in [4.69, 9.17) is 14.7 Å². The van der Waals surface area contributed by atoms with Crippen molar-refractivity contribution in [2.45, 2.75) is 32.7 Å². The fourth-order valence-electron chi connectivity index (χ4n) is 4.11. The zero-order valence-corrected chi connectivity index (χ0v) is 18.6. The molecule has 7 heteroatoms. The SMILES string of the molecule is CCNC(=NCCc1cn2cccc(C)c2n1)NC1CCN(c2ccccc2OC)C1. The first-order valence-electron chi connectivity index (χ1n) is 11.0. The Balaban J connectivity index is 1.36. The van der Waals surface area contributed by atoms with E-state index < -0.39 is 0 Å². The van der Waals surface area contributed by atoms with Gasteiger partial charge in [-0.25, -0.2) is 4.98 Å². The number of pyridine rings is 1. The summed E-state index contributed by atoms with van der Waals surface area (Å²) in [6.45, 7) is 7.64. The number of aliphatic imine (C=N–C) groups is 1. The van der Waals surface area contributed by atoms with Crippen molar-refractivity contribution in [2.24, 2.45) is 4.99 Å². The Morgan fingerprint density at radius 1 is 1.26 bits per heavy atom. The van der Waals surface area contributed by atoms with Crippen LogP contribution in [0.25, 0.3) is 5.65 Å². The van der Waals surface area contributed by atoms with E-state index in [-0.39, 0.29) is 0 Å². The van der Waals surface area contributed by atoms with Crippen molar-refractivity contribution < 1.29 is 4.74 Å². The number of aryl methyl sites for hydroxylation is 1. The molecule has 1 aliphatic rings. The molecule has 2 N–H and O–H groups in total. The largest absolute Gasteiger partial charge is 0.495 e. The zero-order valence-electron chi connectivity index (χ0n) is 18.6. The summed E-state index contributed by atoms with van der Waals surface area (Å²) in [7, 11) is 1.73. The van der Waals surface area contributed by atoms with Crippen LogP contribution in [0.15, 0.2) is 53.8 Å². The summed E-state index contributed by atoms with van der Waals surface area (Å²) in [6, 6.07) is 12.7. The second kappa shape index (κ2) is 9.73. The Morgan fingerprint density at radius 2 is 2.13 bits per heavy atom. The Kier molecular flexibility index (Phi) is 6.60. The molecule has 1 fully saturated rings. The third-order valence-corrected chi connectivity index (χ3v) is 5.66. The Labute approximate surface area is 184 Å². The van der Waals surface area contributed by atoms with E-state index in [0.717, 1.165) is 61.2 Å². The van der Waals surface area contributed by atoms with Gasteiger partial charge in [-0.3, -0.25) is 4.99 Å². The van der Waals surface area contributed by atoms with Gasteiger partial charge in [0.25, 0.3) is 0 Å². The van der Waals surface area contributed by atoms with Crippen molar-refractivity contribution in [3.05, 3.63) is 60.0 Å². The molecular weight excluding hydrogens is 388 g/mol. The van der Waals surface area contributed by atoms with Gasteiger partial charge in [0.15, 0.2) is 5.96 Å². The van der Waals surface area contributed by atoms with Gasteiger partial charge in [-0.2, -0.15) is 0 Å². The smallest absolute Gasteiger partial charge is 0.191 e. The highest BCUT2D eigenvalue weighted by Gasteiger charge is 2.25. The molecule has 1 atom stereocenters. The van der Waals surface area contributed by atoms with Gasteiger partial charge in [0.1, 0.15) is 11.4 Å². The van der Waals surface area contributed by atoms with Gasteiger partial charge in [-0.15, -0.1) is 0 Å². The van der Waals surface area contributed by atoms with Crippen LogP contribution in [0.5, 0.6) is 5.75 Å². The summed E-state index contributed by atoms with van der Waals surface area (Å²) in [6.07, 6.45) is 6.02. The molecule has 0 bridgehead atoms. The first kappa shape index (κ1) is 21.0. The van der Waals surface area contributed by atoms with E-state index in [0.29, 0.717) is 12.6 Å². The van der Waals surface area contributed by atoms with E-state index in [1.54, 1.807) is 7.11 Å². The summed E-state index contributed by atoms with van der Waals surface area (Å²) in [5, 5.41) is 6.99. The molecule has 1 saturated heterocycles. The number of aromatic nitrogens is 2. The van der Waals surface area contributed by atoms with Gasteiger partial charge in [-0.05, 0) is 44.0 Å². The molecule has 0 amide bonds. The first-order valence-corrected chi connectivity index (χ1v) is 11.0. The number of imidazole rings is 1. The fourth-order valence-corrected chi connectivity index (χ4v) is 4.11. The van der Waals surface area contributed by atoms with Gasteiger partial charge >= 0.3 is 0 Å². The number of guanidine groups is 1. The van der Waals surface area contributed by atoms with E-state index >= 15 is 0 Å². The van der Waals surface area contributed by atoms with Gasteiger partial charge < -0.3 is 24.7 Å². The van der Waals surface area contributed by atoms with Gasteiger partial charge in [0.2, 0.25) is 0 Å². The molecule has 164 valence electrons. The van der Waals surface area contributed by atoms with Gasteiger partial charge in [-0.1, -0.05) is 18.2 Å². The molecule has 0 aliphatic carbocycles. The molecule has 3 heterocycles. The maximum Gasteiger partial charge on any atom is 0.191 e. The topological polar surface area (TPSA) is 66.2 Å². The third-order valence-electron chi connectivity index (χ3n) is 5.66. The van der Waals surface area contributed by atoms with Crippen LogP contribution in [0.3, 0.4) is 0 Å². The number of methoxy groups -OCH3 is 1. The summed E-state index contributed by atoms with van der Waals surface area (Å²) in [5.74, 6) is 1.79. The molecular formula is C24H32N6O. The Hall–Kier alpha value is -3.22. The number of rotatable bonds is 7. The van der Waals surface area contributed by atoms with Crippen LogP contribution in [0.2, 0.25) is 0 Å². The third kappa shape index (κ3) is 4.93. The minimum Gasteiger partial charge on any atom is -0.495 e. The van der Waals surface area contributed by atoms with Crippen LogP contribution >= 0.6 is 0 Å². The van der Waals surface area contributed by atoms with E-state index in [9.17, 15) is 0 Å². The predicted molar refractivity (Wildman–Crippen MR) is 126 cm³/mol. The quantitative estimate of drug-likeness (QED) is 0.454. The number of nitrogens with zero attached hydrogens (tertiary/aromatic N) is 4. The summed E-state index contributed by atoms with van der Waals surface area (Å²) in [4.78, 5) is 11.9. The Morgan fingerprint density at radius 3 is 2.94 bits per heavy atom. The molecule has 3 aromatic rings. The number of hydrogen-bond acceptors (Lipinski definition) is 4. The highest BCUT2D eigenvalue weighted by molar-refractivity contribution is 5.80. The average Bonchev–Trinajstić information content (AvgIpc) is 3.41. The van der Waals surface area contributed by atoms with Gasteiger partial charge in [0, 0.05) is 51.0 Å². The molecule has 1 aromatic carbocycles. The molecule has 7 nitrogen and oxygen atoms in total. The molecule has 1 unspecified atom stereocenters. The maximum atomic E-state index is 5.53. The van der Waals surface area contributed by atoms with Crippen molar-refractivity contribution in [1.29, 1.82) is 0 Å². The van der Waals surface area contributed by atoms with Crippen molar-refractivity contribution in [3.8, 4) is 5.75 Å². The van der Waals surface area contributed by atoms with E-state index in [2.05, 4.69) is 64.2 Å². The zero-order chi connectivity index (χ0) is 21.6. The molecule has 4 rings (SSSR count). The lowest BCUT2D eigenvalue weighted by atomic mass is 10.2. The normalized spacial score (nSPS) is 16.7. The van der Waals surface area contributed by atoms with Crippen molar-refractivity contribution in [3.63, 3.8) is 0 Å². The van der Waals surface area contributed by atoms with Crippen LogP contribution in [0, 0.1) is 6.92 Å². The first-order chi connectivity index (χ1) is 15.2. The summed E-state index contributed by atoms with van der Waals surface area (Å²) >= 11 is 0. The summed E-state index contributed by atoms with van der Waals surface area (Å²) < 4.78 is 7.62. The maximum absolute atomic E-state index is 5.53. The monoisotopic (exact) mass is 420 g/mol. The van der Waals surface area contributed by atoms with E-state index in [1.807, 2.05) is 18.3 Å². The molecule has 2 aromatic heterocycles. The molecule has 0 saturated carbocycles. The number of anilines is 1. The molecule has 1 aliphatic heterocycles.